The molecule has 2 aliphatic rings. The van der Waals surface area contributed by atoms with Crippen LogP contribution in [0, 0.1) is 0 Å². The van der Waals surface area contributed by atoms with Crippen LogP contribution in [0.4, 0.5) is 10.5 Å². The highest BCUT2D eigenvalue weighted by Crippen LogP contribution is 2.26. The number of para-hydroxylation sites is 1. The Hall–Kier alpha value is -1.55. The average Bonchev–Trinajstić information content (AvgIpc) is 2.58. The van der Waals surface area contributed by atoms with Gasteiger partial charge in [-0.05, 0) is 37.6 Å². The molecule has 0 aromatic heterocycles. The van der Waals surface area contributed by atoms with Crippen LogP contribution in [0.15, 0.2) is 24.3 Å². The van der Waals surface area contributed by atoms with Crippen molar-refractivity contribution in [3.63, 3.8) is 0 Å². The molecule has 0 bridgehead atoms. The highest BCUT2D eigenvalue weighted by molar-refractivity contribution is 5.92. The Balaban J connectivity index is 0.000000510. The summed E-state index contributed by atoms with van der Waals surface area (Å²) in [6.07, 6.45) is 2.10. The molecule has 3 rings (SSSR count). The quantitative estimate of drug-likeness (QED) is 0.825. The molecule has 1 fully saturated rings. The zero-order valence-corrected chi connectivity index (χ0v) is 13.8. The molecule has 4 heteroatoms. The van der Waals surface area contributed by atoms with E-state index < -0.39 is 0 Å². The molecule has 0 atom stereocenters. The first-order chi connectivity index (χ1) is 10.3. The third kappa shape index (κ3) is 4.46. The fourth-order valence-corrected chi connectivity index (χ4v) is 2.64. The summed E-state index contributed by atoms with van der Waals surface area (Å²) in [6.45, 7) is 10.8. The molecule has 0 radical (unpaired) electrons. The van der Waals surface area contributed by atoms with Crippen LogP contribution in [0.5, 0.6) is 0 Å². The molecule has 1 aromatic rings. The van der Waals surface area contributed by atoms with Gasteiger partial charge in [0.1, 0.15) is 0 Å². The van der Waals surface area contributed by atoms with Gasteiger partial charge in [0.05, 0.1) is 0 Å². The summed E-state index contributed by atoms with van der Waals surface area (Å²) in [5, 5.41) is 6.30. The number of benzene rings is 1. The fraction of sp³-hybridized carbons (Fsp3) is 0.588. The van der Waals surface area contributed by atoms with E-state index in [1.807, 2.05) is 50.8 Å². The molecular formula is C17H29N3O. The molecule has 0 unspecified atom stereocenters. The Morgan fingerprint density at radius 1 is 1.05 bits per heavy atom. The molecule has 2 N–H and O–H groups in total. The van der Waals surface area contributed by atoms with Gasteiger partial charge in [-0.2, -0.15) is 0 Å². The number of carbonyl (C=O) groups excluding carboxylic acids is 1. The third-order valence-electron chi connectivity index (χ3n) is 3.61. The minimum absolute atomic E-state index is 0.0515. The number of fused-ring (bicyclic) bond motifs is 1. The van der Waals surface area contributed by atoms with Crippen molar-refractivity contribution in [1.82, 2.24) is 10.2 Å². The minimum atomic E-state index is 0.0515. The van der Waals surface area contributed by atoms with E-state index >= 15 is 0 Å². The van der Waals surface area contributed by atoms with Gasteiger partial charge in [-0.3, -0.25) is 0 Å². The van der Waals surface area contributed by atoms with Crippen molar-refractivity contribution >= 4 is 11.7 Å². The number of rotatable bonds is 1. The maximum absolute atomic E-state index is 12.1. The molecule has 21 heavy (non-hydrogen) atoms. The first kappa shape index (κ1) is 17.5. The standard InChI is InChI=1S/C13H17N3O.2C2H6/c17-13-15-12-4-2-1-3-10(12)9-16(13)11-5-7-14-8-6-11;2*1-2/h1-4,11,14H,5-9H2,(H,15,17);2*1-2H3. The molecule has 2 amide bonds. The zero-order valence-electron chi connectivity index (χ0n) is 13.8. The van der Waals surface area contributed by atoms with Gasteiger partial charge in [-0.15, -0.1) is 0 Å². The van der Waals surface area contributed by atoms with E-state index in [2.05, 4.69) is 16.7 Å². The highest BCUT2D eigenvalue weighted by Gasteiger charge is 2.29. The van der Waals surface area contributed by atoms with Crippen molar-refractivity contribution in [2.24, 2.45) is 0 Å². The van der Waals surface area contributed by atoms with E-state index in [-0.39, 0.29) is 6.03 Å². The molecule has 0 saturated carbocycles. The third-order valence-corrected chi connectivity index (χ3v) is 3.61. The van der Waals surface area contributed by atoms with Crippen LogP contribution in [0.1, 0.15) is 46.1 Å². The lowest BCUT2D eigenvalue weighted by Gasteiger charge is -2.37. The Morgan fingerprint density at radius 2 is 1.67 bits per heavy atom. The van der Waals surface area contributed by atoms with Crippen LogP contribution in [-0.4, -0.2) is 30.1 Å². The van der Waals surface area contributed by atoms with Crippen molar-refractivity contribution in [1.29, 1.82) is 0 Å². The molecule has 4 nitrogen and oxygen atoms in total. The molecule has 0 spiro atoms. The van der Waals surface area contributed by atoms with Crippen molar-refractivity contribution in [3.05, 3.63) is 29.8 Å². The molecule has 118 valence electrons. The summed E-state index contributed by atoms with van der Waals surface area (Å²) >= 11 is 0. The molecular weight excluding hydrogens is 262 g/mol. The average molecular weight is 291 g/mol. The predicted octanol–water partition coefficient (Wildman–Crippen LogP) is 3.84. The maximum Gasteiger partial charge on any atom is 0.322 e. The summed E-state index contributed by atoms with van der Waals surface area (Å²) in [6, 6.07) is 8.46. The lowest BCUT2D eigenvalue weighted by molar-refractivity contribution is 0.163. The van der Waals surface area contributed by atoms with Crippen LogP contribution in [-0.2, 0) is 6.54 Å². The number of hydrogen-bond acceptors (Lipinski definition) is 2. The lowest BCUT2D eigenvalue weighted by Crippen LogP contribution is -2.49. The number of hydrogen-bond donors (Lipinski definition) is 2. The molecule has 0 aliphatic carbocycles. The second-order valence-electron chi connectivity index (χ2n) is 4.70. The Morgan fingerprint density at radius 3 is 2.33 bits per heavy atom. The Labute approximate surface area is 128 Å². The van der Waals surface area contributed by atoms with Crippen LogP contribution < -0.4 is 10.6 Å². The summed E-state index contributed by atoms with van der Waals surface area (Å²) < 4.78 is 0. The molecule has 2 aliphatic heterocycles. The zero-order chi connectivity index (χ0) is 15.7. The largest absolute Gasteiger partial charge is 0.322 e. The Bertz CT molecular complexity index is 428. The van der Waals surface area contributed by atoms with Gasteiger partial charge in [0.2, 0.25) is 0 Å². The number of piperidine rings is 1. The predicted molar refractivity (Wildman–Crippen MR) is 89.6 cm³/mol. The van der Waals surface area contributed by atoms with Crippen molar-refractivity contribution < 1.29 is 4.79 Å². The normalized spacial score (nSPS) is 17.5. The van der Waals surface area contributed by atoms with Gasteiger partial charge in [-0.1, -0.05) is 45.9 Å². The van der Waals surface area contributed by atoms with Crippen molar-refractivity contribution in [2.45, 2.75) is 53.1 Å². The summed E-state index contributed by atoms with van der Waals surface area (Å²) in [7, 11) is 0. The van der Waals surface area contributed by atoms with E-state index in [0.717, 1.165) is 38.2 Å². The van der Waals surface area contributed by atoms with Crippen LogP contribution >= 0.6 is 0 Å². The van der Waals surface area contributed by atoms with Gasteiger partial charge >= 0.3 is 6.03 Å². The number of nitrogens with one attached hydrogen (secondary N) is 2. The van der Waals surface area contributed by atoms with E-state index in [1.165, 1.54) is 5.56 Å². The SMILES string of the molecule is CC.CC.O=C1Nc2ccccc2CN1C1CCNCC1. The van der Waals surface area contributed by atoms with Gasteiger partial charge in [0.25, 0.3) is 0 Å². The van der Waals surface area contributed by atoms with E-state index in [9.17, 15) is 4.79 Å². The number of anilines is 1. The molecule has 1 saturated heterocycles. The summed E-state index contributed by atoms with van der Waals surface area (Å²) in [5.41, 5.74) is 2.17. The second-order valence-corrected chi connectivity index (χ2v) is 4.70. The molecule has 2 heterocycles. The van der Waals surface area contributed by atoms with Gasteiger partial charge in [-0.25, -0.2) is 4.79 Å². The van der Waals surface area contributed by atoms with Gasteiger partial charge < -0.3 is 15.5 Å². The van der Waals surface area contributed by atoms with Crippen molar-refractivity contribution in [3.8, 4) is 0 Å². The number of amides is 2. The van der Waals surface area contributed by atoms with Crippen LogP contribution in [0.25, 0.3) is 0 Å². The highest BCUT2D eigenvalue weighted by atomic mass is 16.2. The number of urea groups is 1. The lowest BCUT2D eigenvalue weighted by atomic mass is 10.0. The van der Waals surface area contributed by atoms with Crippen LogP contribution in [0.2, 0.25) is 0 Å². The van der Waals surface area contributed by atoms with E-state index in [0.29, 0.717) is 6.04 Å². The van der Waals surface area contributed by atoms with Gasteiger partial charge in [0, 0.05) is 18.3 Å². The number of nitrogens with zero attached hydrogens (tertiary/aromatic N) is 1. The van der Waals surface area contributed by atoms with E-state index in [4.69, 9.17) is 0 Å². The second kappa shape index (κ2) is 9.40. The van der Waals surface area contributed by atoms with Crippen LogP contribution in [0.3, 0.4) is 0 Å². The first-order valence-corrected chi connectivity index (χ1v) is 8.21. The van der Waals surface area contributed by atoms with Gasteiger partial charge in [0.15, 0.2) is 0 Å². The minimum Gasteiger partial charge on any atom is -0.317 e. The monoisotopic (exact) mass is 291 g/mol. The summed E-state index contributed by atoms with van der Waals surface area (Å²) in [4.78, 5) is 14.0. The smallest absolute Gasteiger partial charge is 0.317 e. The van der Waals surface area contributed by atoms with E-state index in [1.54, 1.807) is 0 Å². The summed E-state index contributed by atoms with van der Waals surface area (Å²) in [5.74, 6) is 0. The topological polar surface area (TPSA) is 44.4 Å². The molecule has 1 aromatic carbocycles. The van der Waals surface area contributed by atoms with Crippen molar-refractivity contribution in [2.75, 3.05) is 18.4 Å². The fourth-order valence-electron chi connectivity index (χ4n) is 2.64. The number of carbonyl (C=O) groups is 1. The Kier molecular flexibility index (Phi) is 7.83. The first-order valence-electron chi connectivity index (χ1n) is 8.21. The maximum atomic E-state index is 12.1.